The van der Waals surface area contributed by atoms with Crippen molar-refractivity contribution in [2.45, 2.75) is 6.10 Å². The van der Waals surface area contributed by atoms with Gasteiger partial charge in [-0.1, -0.05) is 11.6 Å². The monoisotopic (exact) mass is 444 g/mol. The third kappa shape index (κ3) is 4.92. The molecular weight excluding hydrogens is 420 g/mol. The van der Waals surface area contributed by atoms with Crippen molar-refractivity contribution in [3.8, 4) is 17.2 Å². The second-order valence-electron chi connectivity index (χ2n) is 7.28. The molecule has 1 atom stereocenters. The zero-order chi connectivity index (χ0) is 21.8. The molecule has 0 radical (unpaired) electrons. The number of rotatable bonds is 7. The molecule has 3 aromatic rings. The number of hydrogen-bond acceptors (Lipinski definition) is 8. The van der Waals surface area contributed by atoms with Crippen molar-refractivity contribution in [1.82, 2.24) is 14.9 Å². The standard InChI is InChI=1S/C22H25ClN4O4/c1-27-6-7-30-15(11-27)12-31-21-9-16-18(10-20(21)29-3)24-13-25-22(16)26-14-4-5-17(23)19(8-14)28-2/h4-5,8-10,13,15H,6-7,11-12H2,1-3H3,(H,24,25,26). The summed E-state index contributed by atoms with van der Waals surface area (Å²) in [6, 6.07) is 9.17. The van der Waals surface area contributed by atoms with Crippen LogP contribution in [0.4, 0.5) is 11.5 Å². The van der Waals surface area contributed by atoms with Crippen molar-refractivity contribution in [1.29, 1.82) is 0 Å². The number of aromatic nitrogens is 2. The molecule has 2 aromatic carbocycles. The molecule has 1 unspecified atom stereocenters. The lowest BCUT2D eigenvalue weighted by molar-refractivity contribution is -0.0406. The van der Waals surface area contributed by atoms with Crippen LogP contribution in [0.15, 0.2) is 36.7 Å². The number of nitrogens with zero attached hydrogens (tertiary/aromatic N) is 3. The van der Waals surface area contributed by atoms with Crippen LogP contribution < -0.4 is 19.5 Å². The lowest BCUT2D eigenvalue weighted by atomic mass is 10.2. The van der Waals surface area contributed by atoms with E-state index in [4.69, 9.17) is 30.5 Å². The maximum absolute atomic E-state index is 6.13. The smallest absolute Gasteiger partial charge is 0.162 e. The van der Waals surface area contributed by atoms with Gasteiger partial charge in [-0.25, -0.2) is 9.97 Å². The number of ether oxygens (including phenoxy) is 4. The van der Waals surface area contributed by atoms with Gasteiger partial charge in [0, 0.05) is 36.3 Å². The van der Waals surface area contributed by atoms with Gasteiger partial charge in [-0.15, -0.1) is 0 Å². The molecule has 0 bridgehead atoms. The van der Waals surface area contributed by atoms with Crippen molar-refractivity contribution in [2.75, 3.05) is 52.9 Å². The highest BCUT2D eigenvalue weighted by molar-refractivity contribution is 6.32. The fraction of sp³-hybridized carbons (Fsp3) is 0.364. The SMILES string of the molecule is COc1cc(Nc2ncnc3cc(OC)c(OCC4CN(C)CCO4)cc23)ccc1Cl. The van der Waals surface area contributed by atoms with Gasteiger partial charge >= 0.3 is 0 Å². The van der Waals surface area contributed by atoms with E-state index in [1.807, 2.05) is 24.3 Å². The van der Waals surface area contributed by atoms with E-state index in [1.165, 1.54) is 6.33 Å². The highest BCUT2D eigenvalue weighted by atomic mass is 35.5. The Morgan fingerprint density at radius 1 is 1.13 bits per heavy atom. The Hall–Kier alpha value is -2.81. The molecule has 1 saturated heterocycles. The topological polar surface area (TPSA) is 78.0 Å². The Morgan fingerprint density at radius 2 is 1.97 bits per heavy atom. The van der Waals surface area contributed by atoms with Gasteiger partial charge < -0.3 is 29.2 Å². The van der Waals surface area contributed by atoms with E-state index in [0.29, 0.717) is 41.3 Å². The third-order valence-corrected chi connectivity index (χ3v) is 5.41. The predicted octanol–water partition coefficient (Wildman–Crippen LogP) is 3.75. The second kappa shape index (κ2) is 9.55. The van der Waals surface area contributed by atoms with E-state index in [2.05, 4.69) is 27.2 Å². The second-order valence-corrected chi connectivity index (χ2v) is 7.69. The average Bonchev–Trinajstić information content (AvgIpc) is 2.78. The first-order valence-corrected chi connectivity index (χ1v) is 10.3. The van der Waals surface area contributed by atoms with Crippen molar-refractivity contribution in [2.24, 2.45) is 0 Å². The van der Waals surface area contributed by atoms with E-state index >= 15 is 0 Å². The Balaban J connectivity index is 1.62. The van der Waals surface area contributed by atoms with Gasteiger partial charge in [0.2, 0.25) is 0 Å². The molecule has 0 aliphatic carbocycles. The lowest BCUT2D eigenvalue weighted by Gasteiger charge is -2.30. The van der Waals surface area contributed by atoms with Crippen LogP contribution in [0.2, 0.25) is 5.02 Å². The number of halogens is 1. The molecule has 8 nitrogen and oxygen atoms in total. The third-order valence-electron chi connectivity index (χ3n) is 5.10. The van der Waals surface area contributed by atoms with Crippen LogP contribution in [0.5, 0.6) is 17.2 Å². The van der Waals surface area contributed by atoms with Crippen molar-refractivity contribution in [3.63, 3.8) is 0 Å². The van der Waals surface area contributed by atoms with Gasteiger partial charge in [-0.2, -0.15) is 0 Å². The first kappa shape index (κ1) is 21.4. The highest BCUT2D eigenvalue weighted by Crippen LogP contribution is 2.36. The van der Waals surface area contributed by atoms with E-state index in [9.17, 15) is 0 Å². The van der Waals surface area contributed by atoms with Crippen molar-refractivity contribution < 1.29 is 18.9 Å². The van der Waals surface area contributed by atoms with Crippen LogP contribution in [0.3, 0.4) is 0 Å². The van der Waals surface area contributed by atoms with Crippen LogP contribution in [-0.2, 0) is 4.74 Å². The minimum Gasteiger partial charge on any atom is -0.495 e. The Labute approximate surface area is 186 Å². The number of anilines is 2. The Kier molecular flexibility index (Phi) is 6.60. The number of likely N-dealkylation sites (N-methyl/N-ethyl adjacent to an activating group) is 1. The summed E-state index contributed by atoms with van der Waals surface area (Å²) in [4.78, 5) is 11.0. The summed E-state index contributed by atoms with van der Waals surface area (Å²) in [7, 11) is 5.27. The van der Waals surface area contributed by atoms with Crippen LogP contribution >= 0.6 is 11.6 Å². The number of fused-ring (bicyclic) bond motifs is 1. The predicted molar refractivity (Wildman–Crippen MR) is 120 cm³/mol. The Bertz CT molecular complexity index is 1070. The van der Waals surface area contributed by atoms with Crippen LogP contribution in [0.1, 0.15) is 0 Å². The molecule has 0 amide bonds. The number of morpholine rings is 1. The van der Waals surface area contributed by atoms with Gasteiger partial charge in [0.05, 0.1) is 31.4 Å². The fourth-order valence-electron chi connectivity index (χ4n) is 3.46. The van der Waals surface area contributed by atoms with E-state index in [0.717, 1.165) is 29.7 Å². The first-order chi connectivity index (χ1) is 15.1. The molecule has 0 spiro atoms. The van der Waals surface area contributed by atoms with E-state index in [-0.39, 0.29) is 6.10 Å². The molecule has 0 saturated carbocycles. The van der Waals surface area contributed by atoms with Crippen LogP contribution in [-0.4, -0.2) is 68.5 Å². The number of benzene rings is 2. The van der Waals surface area contributed by atoms with Crippen LogP contribution in [0, 0.1) is 0 Å². The Morgan fingerprint density at radius 3 is 2.74 bits per heavy atom. The maximum Gasteiger partial charge on any atom is 0.162 e. The molecule has 1 aliphatic rings. The number of nitrogens with one attached hydrogen (secondary N) is 1. The summed E-state index contributed by atoms with van der Waals surface area (Å²) in [5.74, 6) is 2.43. The molecule has 1 N–H and O–H groups in total. The normalized spacial score (nSPS) is 16.8. The van der Waals surface area contributed by atoms with Gasteiger partial charge in [0.25, 0.3) is 0 Å². The molecule has 4 rings (SSSR count). The number of methoxy groups -OCH3 is 2. The lowest BCUT2D eigenvalue weighted by Crippen LogP contribution is -2.42. The van der Waals surface area contributed by atoms with Crippen LogP contribution in [0.25, 0.3) is 10.9 Å². The molecule has 164 valence electrons. The zero-order valence-corrected chi connectivity index (χ0v) is 18.5. The van der Waals surface area contributed by atoms with Gasteiger partial charge in [-0.05, 0) is 25.2 Å². The molecular formula is C22H25ClN4O4. The number of hydrogen-bond donors (Lipinski definition) is 1. The maximum atomic E-state index is 6.13. The summed E-state index contributed by atoms with van der Waals surface area (Å²) in [6.45, 7) is 2.88. The first-order valence-electron chi connectivity index (χ1n) is 9.93. The minimum atomic E-state index is 0.00491. The molecule has 2 heterocycles. The molecule has 1 fully saturated rings. The zero-order valence-electron chi connectivity index (χ0n) is 17.7. The summed E-state index contributed by atoms with van der Waals surface area (Å²) in [5, 5.41) is 4.65. The highest BCUT2D eigenvalue weighted by Gasteiger charge is 2.20. The van der Waals surface area contributed by atoms with Crippen molar-refractivity contribution >= 4 is 34.0 Å². The van der Waals surface area contributed by atoms with Gasteiger partial charge in [0.15, 0.2) is 11.5 Å². The molecule has 9 heteroatoms. The molecule has 1 aliphatic heterocycles. The largest absolute Gasteiger partial charge is 0.495 e. The van der Waals surface area contributed by atoms with Crippen molar-refractivity contribution in [3.05, 3.63) is 41.7 Å². The summed E-state index contributed by atoms with van der Waals surface area (Å²) >= 11 is 6.13. The van der Waals surface area contributed by atoms with Gasteiger partial charge in [0.1, 0.15) is 30.6 Å². The quantitative estimate of drug-likeness (QED) is 0.590. The average molecular weight is 445 g/mol. The molecule has 1 aromatic heterocycles. The molecule has 31 heavy (non-hydrogen) atoms. The van der Waals surface area contributed by atoms with E-state index in [1.54, 1.807) is 20.3 Å². The van der Waals surface area contributed by atoms with Gasteiger partial charge in [-0.3, -0.25) is 0 Å². The van der Waals surface area contributed by atoms with E-state index < -0.39 is 0 Å². The summed E-state index contributed by atoms with van der Waals surface area (Å²) in [5.41, 5.74) is 1.52. The fourth-order valence-corrected chi connectivity index (χ4v) is 3.66. The minimum absolute atomic E-state index is 0.00491. The summed E-state index contributed by atoms with van der Waals surface area (Å²) < 4.78 is 22.7. The summed E-state index contributed by atoms with van der Waals surface area (Å²) in [6.07, 6.45) is 1.51.